The average Bonchev–Trinajstić information content (AvgIpc) is 2.97. The van der Waals surface area contributed by atoms with Gasteiger partial charge in [-0.25, -0.2) is 4.52 Å². The van der Waals surface area contributed by atoms with Gasteiger partial charge in [0.1, 0.15) is 22.9 Å². The van der Waals surface area contributed by atoms with Crippen molar-refractivity contribution in [2.75, 3.05) is 0 Å². The van der Waals surface area contributed by atoms with Crippen LogP contribution in [0.2, 0.25) is 0 Å². The van der Waals surface area contributed by atoms with Gasteiger partial charge in [-0.2, -0.15) is 0 Å². The molecule has 0 fully saturated rings. The fraction of sp³-hybridized carbons (Fsp3) is 0. The summed E-state index contributed by atoms with van der Waals surface area (Å²) in [6.07, 6.45) is 2.97. The van der Waals surface area contributed by atoms with Gasteiger partial charge in [0.2, 0.25) is 5.43 Å². The number of nitrogens with one attached hydrogen (secondary N) is 1. The number of hydrogen-bond acceptors (Lipinski definition) is 4. The van der Waals surface area contributed by atoms with E-state index >= 15 is 0 Å². The number of aromatic amines is 1. The number of benzene rings is 1. The largest absolute Gasteiger partial charge is 0.463 e. The average molecular weight is 279 g/mol. The molecular weight excluding hydrogens is 270 g/mol. The Kier molecular flexibility index (Phi) is 2.32. The molecule has 6 nitrogen and oxygen atoms in total. The molecule has 1 N–H and O–H groups in total. The van der Waals surface area contributed by atoms with E-state index < -0.39 is 0 Å². The summed E-state index contributed by atoms with van der Waals surface area (Å²) in [5.74, 6) is 0.184. The number of hydrogen-bond donors (Lipinski definition) is 1. The molecule has 0 radical (unpaired) electrons. The molecule has 0 saturated carbocycles. The highest BCUT2D eigenvalue weighted by molar-refractivity contribution is 5.80. The molecule has 4 aromatic rings. The molecule has 0 saturated heterocycles. The van der Waals surface area contributed by atoms with Crippen molar-refractivity contribution < 1.29 is 4.42 Å². The minimum absolute atomic E-state index is 0.184. The van der Waals surface area contributed by atoms with Crippen LogP contribution in [0.4, 0.5) is 0 Å². The number of para-hydroxylation sites is 1. The molecule has 21 heavy (non-hydrogen) atoms. The Balaban J connectivity index is 2.06. The number of nitrogens with zero attached hydrogens (tertiary/aromatic N) is 2. The topological polar surface area (TPSA) is 80.4 Å². The Bertz CT molecular complexity index is 1090. The van der Waals surface area contributed by atoms with Crippen molar-refractivity contribution in [1.29, 1.82) is 0 Å². The Morgan fingerprint density at radius 2 is 1.95 bits per heavy atom. The van der Waals surface area contributed by atoms with Gasteiger partial charge in [0, 0.05) is 6.20 Å². The van der Waals surface area contributed by atoms with Crippen LogP contribution in [0.15, 0.2) is 62.9 Å². The molecule has 0 aliphatic heterocycles. The van der Waals surface area contributed by atoms with E-state index in [1.54, 1.807) is 42.6 Å². The Labute approximate surface area is 117 Å². The van der Waals surface area contributed by atoms with Crippen molar-refractivity contribution >= 4 is 16.5 Å². The van der Waals surface area contributed by atoms with Gasteiger partial charge < -0.3 is 9.40 Å². The molecule has 3 heterocycles. The lowest BCUT2D eigenvalue weighted by Gasteiger charge is -2.02. The smallest absolute Gasteiger partial charge is 0.275 e. The van der Waals surface area contributed by atoms with Gasteiger partial charge in [-0.05, 0) is 24.3 Å². The summed E-state index contributed by atoms with van der Waals surface area (Å²) in [7, 11) is 0. The second-order valence-corrected chi connectivity index (χ2v) is 4.62. The SMILES string of the molecule is O=c1c(-c2nn3cccc3c(=O)[nH]2)coc2ccccc12. The second kappa shape index (κ2) is 4.17. The molecule has 0 amide bonds. The number of aromatic nitrogens is 3. The highest BCUT2D eigenvalue weighted by atomic mass is 16.3. The minimum atomic E-state index is -0.308. The molecule has 6 heteroatoms. The third-order valence-electron chi connectivity index (χ3n) is 3.34. The molecule has 4 rings (SSSR count). The van der Waals surface area contributed by atoms with Gasteiger partial charge in [-0.1, -0.05) is 12.1 Å². The van der Waals surface area contributed by atoms with Gasteiger partial charge in [0.25, 0.3) is 5.56 Å². The van der Waals surface area contributed by atoms with Crippen molar-refractivity contribution in [3.8, 4) is 11.4 Å². The van der Waals surface area contributed by atoms with Crippen molar-refractivity contribution in [3.63, 3.8) is 0 Å². The summed E-state index contributed by atoms with van der Waals surface area (Å²) in [5, 5.41) is 4.68. The van der Waals surface area contributed by atoms with Crippen molar-refractivity contribution in [2.45, 2.75) is 0 Å². The zero-order valence-electron chi connectivity index (χ0n) is 10.7. The van der Waals surface area contributed by atoms with E-state index in [1.807, 2.05) is 0 Å². The lowest BCUT2D eigenvalue weighted by Crippen LogP contribution is -2.16. The monoisotopic (exact) mass is 279 g/mol. The predicted octanol–water partition coefficient (Wildman–Crippen LogP) is 1.80. The Morgan fingerprint density at radius 1 is 1.10 bits per heavy atom. The number of H-pyrrole nitrogens is 1. The first-order valence-corrected chi connectivity index (χ1v) is 6.32. The lowest BCUT2D eigenvalue weighted by atomic mass is 10.1. The van der Waals surface area contributed by atoms with Crippen molar-refractivity contribution in [3.05, 3.63) is 69.4 Å². The summed E-state index contributed by atoms with van der Waals surface area (Å²) in [6.45, 7) is 0. The third-order valence-corrected chi connectivity index (χ3v) is 3.34. The van der Waals surface area contributed by atoms with E-state index in [0.717, 1.165) is 0 Å². The molecule has 0 atom stereocenters. The first-order valence-electron chi connectivity index (χ1n) is 6.32. The van der Waals surface area contributed by atoms with Gasteiger partial charge in [0.15, 0.2) is 5.82 Å². The van der Waals surface area contributed by atoms with Crippen LogP contribution >= 0.6 is 0 Å². The fourth-order valence-corrected chi connectivity index (χ4v) is 2.31. The number of rotatable bonds is 1. The van der Waals surface area contributed by atoms with Crippen LogP contribution in [0.1, 0.15) is 0 Å². The standard InChI is InChI=1S/C15H9N3O3/c19-13-9-4-1-2-6-12(9)21-8-10(13)14-16-15(20)11-5-3-7-18(11)17-14/h1-8H,(H,16,17,20). The molecule has 0 aliphatic carbocycles. The van der Waals surface area contributed by atoms with Gasteiger partial charge >= 0.3 is 0 Å². The predicted molar refractivity (Wildman–Crippen MR) is 77.3 cm³/mol. The summed E-state index contributed by atoms with van der Waals surface area (Å²) < 4.78 is 6.87. The Morgan fingerprint density at radius 3 is 2.86 bits per heavy atom. The zero-order valence-corrected chi connectivity index (χ0v) is 10.7. The van der Waals surface area contributed by atoms with E-state index in [0.29, 0.717) is 16.5 Å². The van der Waals surface area contributed by atoms with E-state index in [9.17, 15) is 9.59 Å². The lowest BCUT2D eigenvalue weighted by molar-refractivity contribution is 0.603. The molecule has 0 aliphatic rings. The van der Waals surface area contributed by atoms with Gasteiger partial charge in [-0.15, -0.1) is 5.10 Å². The molecular formula is C15H9N3O3. The van der Waals surface area contributed by atoms with Crippen molar-refractivity contribution in [2.24, 2.45) is 0 Å². The van der Waals surface area contributed by atoms with Crippen LogP contribution in [0.25, 0.3) is 27.9 Å². The van der Waals surface area contributed by atoms with Crippen LogP contribution in [-0.2, 0) is 0 Å². The van der Waals surface area contributed by atoms with Crippen LogP contribution in [0.5, 0.6) is 0 Å². The van der Waals surface area contributed by atoms with E-state index in [2.05, 4.69) is 10.1 Å². The third kappa shape index (κ3) is 1.69. The molecule has 1 aromatic carbocycles. The first-order chi connectivity index (χ1) is 10.2. The van der Waals surface area contributed by atoms with Gasteiger partial charge in [-0.3, -0.25) is 9.59 Å². The first kappa shape index (κ1) is 11.7. The summed E-state index contributed by atoms with van der Waals surface area (Å²) in [6, 6.07) is 10.3. The minimum Gasteiger partial charge on any atom is -0.463 e. The maximum atomic E-state index is 12.5. The normalized spacial score (nSPS) is 11.2. The Hall–Kier alpha value is -3.15. The molecule has 102 valence electrons. The van der Waals surface area contributed by atoms with Crippen molar-refractivity contribution in [1.82, 2.24) is 14.6 Å². The summed E-state index contributed by atoms with van der Waals surface area (Å²) >= 11 is 0. The van der Waals surface area contributed by atoms with E-state index in [-0.39, 0.29) is 22.4 Å². The molecule has 3 aromatic heterocycles. The zero-order chi connectivity index (χ0) is 14.4. The maximum Gasteiger partial charge on any atom is 0.275 e. The molecule has 0 spiro atoms. The second-order valence-electron chi connectivity index (χ2n) is 4.62. The van der Waals surface area contributed by atoms with Crippen LogP contribution in [-0.4, -0.2) is 14.6 Å². The van der Waals surface area contributed by atoms with Crippen LogP contribution < -0.4 is 11.0 Å². The summed E-state index contributed by atoms with van der Waals surface area (Å²) in [5.41, 5.74) is 0.602. The fourth-order valence-electron chi connectivity index (χ4n) is 2.31. The quantitative estimate of drug-likeness (QED) is 0.576. The van der Waals surface area contributed by atoms with Crippen LogP contribution in [0.3, 0.4) is 0 Å². The molecule has 0 unspecified atom stereocenters. The highest BCUT2D eigenvalue weighted by Crippen LogP contribution is 2.15. The van der Waals surface area contributed by atoms with E-state index in [4.69, 9.17) is 4.42 Å². The summed E-state index contributed by atoms with van der Waals surface area (Å²) in [4.78, 5) is 27.1. The highest BCUT2D eigenvalue weighted by Gasteiger charge is 2.12. The van der Waals surface area contributed by atoms with E-state index in [1.165, 1.54) is 10.8 Å². The number of fused-ring (bicyclic) bond motifs is 2. The van der Waals surface area contributed by atoms with Crippen LogP contribution in [0, 0.1) is 0 Å². The van der Waals surface area contributed by atoms with Gasteiger partial charge in [0.05, 0.1) is 5.39 Å². The molecule has 0 bridgehead atoms. The maximum absolute atomic E-state index is 12.5.